The van der Waals surface area contributed by atoms with E-state index in [9.17, 15) is 19.2 Å². The minimum absolute atomic E-state index is 0. The molecule has 3 N–H and O–H groups in total. The molecule has 0 atom stereocenters. The second-order valence-corrected chi connectivity index (χ2v) is 8.75. The first-order chi connectivity index (χ1) is 16.4. The molecule has 1 aliphatic heterocycles. The summed E-state index contributed by atoms with van der Waals surface area (Å²) in [6, 6.07) is 15.4. The maximum atomic E-state index is 13.3. The fraction of sp³-hybridized carbons (Fsp3) is 0.346. The second kappa shape index (κ2) is 11.1. The molecule has 1 fully saturated rings. The molecule has 8 nitrogen and oxygen atoms in total. The minimum atomic E-state index is -0.381. The lowest BCUT2D eigenvalue weighted by Gasteiger charge is -2.37. The molecule has 0 saturated carbocycles. The van der Waals surface area contributed by atoms with Crippen LogP contribution in [0.15, 0.2) is 53.3 Å². The maximum absolute atomic E-state index is 13.3. The Morgan fingerprint density at radius 3 is 2.34 bits per heavy atom. The summed E-state index contributed by atoms with van der Waals surface area (Å²) in [4.78, 5) is 32.0. The summed E-state index contributed by atoms with van der Waals surface area (Å²) in [7, 11) is 3.98. The van der Waals surface area contributed by atoms with Gasteiger partial charge in [0.1, 0.15) is 17.4 Å². The minimum Gasteiger partial charge on any atom is -0.366 e. The quantitative estimate of drug-likeness (QED) is 0.583. The third-order valence-corrected chi connectivity index (χ3v) is 6.22. The van der Waals surface area contributed by atoms with E-state index < -0.39 is 0 Å². The van der Waals surface area contributed by atoms with Gasteiger partial charge in [-0.25, -0.2) is 4.39 Å². The fourth-order valence-electron chi connectivity index (χ4n) is 4.49. The van der Waals surface area contributed by atoms with Gasteiger partial charge in [0.15, 0.2) is 0 Å². The van der Waals surface area contributed by atoms with Crippen LogP contribution in [0.2, 0.25) is 0 Å². The van der Waals surface area contributed by atoms with Gasteiger partial charge in [-0.15, -0.1) is 0 Å². The SMILES string of the molecule is CN(C)CCCn1c(=O)c(C#N)c(N2CCN(C(=O)c3ccc(F)cc3)CC2)c2ccccc21.N. The Morgan fingerprint density at radius 2 is 1.71 bits per heavy atom. The molecule has 3 aromatic rings. The summed E-state index contributed by atoms with van der Waals surface area (Å²) in [5.41, 5.74) is 1.76. The molecule has 0 bridgehead atoms. The number of benzene rings is 2. The van der Waals surface area contributed by atoms with E-state index in [1.165, 1.54) is 24.3 Å². The van der Waals surface area contributed by atoms with Crippen LogP contribution in [-0.4, -0.2) is 67.1 Å². The number of halogens is 1. The first kappa shape index (κ1) is 25.9. The molecule has 184 valence electrons. The molecule has 35 heavy (non-hydrogen) atoms. The van der Waals surface area contributed by atoms with Crippen molar-refractivity contribution in [2.75, 3.05) is 51.7 Å². The van der Waals surface area contributed by atoms with E-state index in [-0.39, 0.29) is 29.0 Å². The van der Waals surface area contributed by atoms with Crippen molar-refractivity contribution in [1.29, 1.82) is 5.26 Å². The highest BCUT2D eigenvalue weighted by molar-refractivity contribution is 5.96. The van der Waals surface area contributed by atoms with Crippen LogP contribution < -0.4 is 16.6 Å². The molecule has 2 heterocycles. The van der Waals surface area contributed by atoms with Gasteiger partial charge in [-0.1, -0.05) is 18.2 Å². The van der Waals surface area contributed by atoms with Crippen molar-refractivity contribution in [3.63, 3.8) is 0 Å². The van der Waals surface area contributed by atoms with E-state index in [0.29, 0.717) is 44.0 Å². The Labute approximate surface area is 204 Å². The second-order valence-electron chi connectivity index (χ2n) is 8.75. The zero-order valence-corrected chi connectivity index (χ0v) is 20.2. The lowest BCUT2D eigenvalue weighted by atomic mass is 10.1. The number of aromatic nitrogens is 1. The first-order valence-electron chi connectivity index (χ1n) is 11.4. The highest BCUT2D eigenvalue weighted by Crippen LogP contribution is 2.30. The number of anilines is 1. The van der Waals surface area contributed by atoms with Gasteiger partial charge in [-0.05, 0) is 57.4 Å². The van der Waals surface area contributed by atoms with Crippen molar-refractivity contribution < 1.29 is 9.18 Å². The lowest BCUT2D eigenvalue weighted by Crippen LogP contribution is -2.49. The van der Waals surface area contributed by atoms with Crippen LogP contribution in [0.3, 0.4) is 0 Å². The highest BCUT2D eigenvalue weighted by atomic mass is 19.1. The van der Waals surface area contributed by atoms with Gasteiger partial charge in [-0.2, -0.15) is 5.26 Å². The van der Waals surface area contributed by atoms with Crippen molar-refractivity contribution >= 4 is 22.5 Å². The van der Waals surface area contributed by atoms with Crippen LogP contribution in [0.5, 0.6) is 0 Å². The van der Waals surface area contributed by atoms with Gasteiger partial charge in [-0.3, -0.25) is 9.59 Å². The van der Waals surface area contributed by atoms with Gasteiger partial charge in [0.2, 0.25) is 0 Å². The van der Waals surface area contributed by atoms with Crippen molar-refractivity contribution in [2.45, 2.75) is 13.0 Å². The molecule has 0 radical (unpaired) electrons. The highest BCUT2D eigenvalue weighted by Gasteiger charge is 2.27. The van der Waals surface area contributed by atoms with E-state index in [4.69, 9.17) is 0 Å². The molecule has 1 aromatic heterocycles. The summed E-state index contributed by atoms with van der Waals surface area (Å²) in [5, 5.41) is 10.8. The smallest absolute Gasteiger partial charge is 0.271 e. The predicted octanol–water partition coefficient (Wildman–Crippen LogP) is 3.09. The lowest BCUT2D eigenvalue weighted by molar-refractivity contribution is 0.0747. The number of piperazine rings is 1. The number of carbonyl (C=O) groups excluding carboxylic acids is 1. The van der Waals surface area contributed by atoms with Gasteiger partial charge in [0.25, 0.3) is 11.5 Å². The van der Waals surface area contributed by atoms with Gasteiger partial charge in [0.05, 0.1) is 11.2 Å². The number of nitriles is 1. The van der Waals surface area contributed by atoms with Crippen LogP contribution in [-0.2, 0) is 6.54 Å². The van der Waals surface area contributed by atoms with Crippen LogP contribution in [0.4, 0.5) is 10.1 Å². The molecule has 2 aromatic carbocycles. The molecule has 0 aliphatic carbocycles. The van der Waals surface area contributed by atoms with Crippen LogP contribution in [0, 0.1) is 17.1 Å². The van der Waals surface area contributed by atoms with Gasteiger partial charge in [0, 0.05) is 43.7 Å². The number of fused-ring (bicyclic) bond motifs is 1. The molecular formula is C26H31FN6O2. The van der Waals surface area contributed by atoms with E-state index in [2.05, 4.69) is 11.0 Å². The van der Waals surface area contributed by atoms with E-state index in [1.54, 1.807) is 9.47 Å². The monoisotopic (exact) mass is 478 g/mol. The molecule has 0 spiro atoms. The fourth-order valence-corrected chi connectivity index (χ4v) is 4.49. The summed E-state index contributed by atoms with van der Waals surface area (Å²) < 4.78 is 14.9. The number of nitrogens with zero attached hydrogens (tertiary/aromatic N) is 5. The molecule has 1 saturated heterocycles. The summed E-state index contributed by atoms with van der Waals surface area (Å²) >= 11 is 0. The molecular weight excluding hydrogens is 447 g/mol. The van der Waals surface area contributed by atoms with E-state index >= 15 is 0 Å². The number of rotatable bonds is 6. The number of pyridine rings is 1. The number of para-hydroxylation sites is 1. The Hall–Kier alpha value is -3.74. The van der Waals surface area contributed by atoms with E-state index in [1.807, 2.05) is 43.3 Å². The summed E-state index contributed by atoms with van der Waals surface area (Å²) in [6.07, 6.45) is 0.797. The Bertz CT molecular complexity index is 1290. The van der Waals surface area contributed by atoms with Gasteiger partial charge >= 0.3 is 0 Å². The zero-order valence-electron chi connectivity index (χ0n) is 20.2. The van der Waals surface area contributed by atoms with E-state index in [0.717, 1.165) is 23.9 Å². The molecule has 1 aliphatic rings. The normalized spacial score (nSPS) is 13.6. The largest absolute Gasteiger partial charge is 0.366 e. The average Bonchev–Trinajstić information content (AvgIpc) is 2.85. The zero-order chi connectivity index (χ0) is 24.2. The molecule has 9 heteroatoms. The Kier molecular flexibility index (Phi) is 8.22. The van der Waals surface area contributed by atoms with Crippen LogP contribution in [0.1, 0.15) is 22.3 Å². The number of carbonyl (C=O) groups is 1. The average molecular weight is 479 g/mol. The number of amides is 1. The third kappa shape index (κ3) is 5.34. The number of hydrogen-bond acceptors (Lipinski definition) is 6. The molecule has 4 rings (SSSR count). The van der Waals surface area contributed by atoms with Crippen molar-refractivity contribution in [3.8, 4) is 6.07 Å². The maximum Gasteiger partial charge on any atom is 0.271 e. The van der Waals surface area contributed by atoms with Crippen LogP contribution >= 0.6 is 0 Å². The standard InChI is InChI=1S/C26H28FN5O2.H3N/c1-29(2)12-5-13-32-23-7-4-3-6-21(23)24(22(18-28)26(32)34)30-14-16-31(17-15-30)25(33)19-8-10-20(27)11-9-19;/h3-4,6-11H,5,12-17H2,1-2H3;1H3. The van der Waals surface area contributed by atoms with Crippen molar-refractivity contribution in [3.05, 3.63) is 75.8 Å². The molecule has 0 unspecified atom stereocenters. The Morgan fingerprint density at radius 1 is 1.06 bits per heavy atom. The Balaban J connectivity index is 0.00000342. The summed E-state index contributed by atoms with van der Waals surface area (Å²) in [6.45, 7) is 3.26. The van der Waals surface area contributed by atoms with Crippen LogP contribution in [0.25, 0.3) is 10.9 Å². The summed E-state index contributed by atoms with van der Waals surface area (Å²) in [5.74, 6) is -0.532. The van der Waals surface area contributed by atoms with Gasteiger partial charge < -0.3 is 25.4 Å². The molecule has 1 amide bonds. The topological polar surface area (TPSA) is 108 Å². The predicted molar refractivity (Wildman–Crippen MR) is 136 cm³/mol. The third-order valence-electron chi connectivity index (χ3n) is 6.22. The number of aryl methyl sites for hydroxylation is 1. The number of hydrogen-bond donors (Lipinski definition) is 1. The van der Waals surface area contributed by atoms with Crippen molar-refractivity contribution in [2.24, 2.45) is 0 Å². The first-order valence-corrected chi connectivity index (χ1v) is 11.4. The van der Waals surface area contributed by atoms with Crippen molar-refractivity contribution in [1.82, 2.24) is 20.5 Å².